The zero-order valence-electron chi connectivity index (χ0n) is 13.2. The number of nitrogens with one attached hydrogen (secondary N) is 1. The molecule has 2 aromatic rings. The number of amides is 1. The van der Waals surface area contributed by atoms with Crippen LogP contribution in [0.5, 0.6) is 5.75 Å². The molecule has 1 aromatic carbocycles. The molecule has 1 amide bonds. The van der Waals surface area contributed by atoms with Crippen LogP contribution >= 0.6 is 0 Å². The number of hydrogen-bond acceptors (Lipinski definition) is 3. The molecule has 0 aliphatic carbocycles. The minimum atomic E-state index is -1.08. The smallest absolute Gasteiger partial charge is 0.259 e. The van der Waals surface area contributed by atoms with Gasteiger partial charge in [0.1, 0.15) is 5.82 Å². The SMILES string of the molecule is CCC(CC)n1ncc(C(=O)Nc2cc(O)c(F)cc2F)c1C. The van der Waals surface area contributed by atoms with Gasteiger partial charge in [0.05, 0.1) is 23.5 Å². The molecule has 124 valence electrons. The van der Waals surface area contributed by atoms with E-state index in [9.17, 15) is 18.7 Å². The first kappa shape index (κ1) is 16.9. The summed E-state index contributed by atoms with van der Waals surface area (Å²) in [6.45, 7) is 5.83. The minimum Gasteiger partial charge on any atom is -0.505 e. The van der Waals surface area contributed by atoms with E-state index in [1.54, 1.807) is 11.6 Å². The highest BCUT2D eigenvalue weighted by Crippen LogP contribution is 2.25. The number of nitrogens with zero attached hydrogens (tertiary/aromatic N) is 2. The molecule has 0 atom stereocenters. The molecular formula is C16H19F2N3O2. The Morgan fingerprint density at radius 3 is 2.57 bits per heavy atom. The van der Waals surface area contributed by atoms with Gasteiger partial charge in [-0.05, 0) is 19.8 Å². The maximum absolute atomic E-state index is 13.7. The summed E-state index contributed by atoms with van der Waals surface area (Å²) < 4.78 is 28.5. The van der Waals surface area contributed by atoms with E-state index in [1.165, 1.54) is 6.20 Å². The van der Waals surface area contributed by atoms with Crippen LogP contribution in [0.15, 0.2) is 18.3 Å². The Hall–Kier alpha value is -2.44. The number of rotatable bonds is 5. The second-order valence-corrected chi connectivity index (χ2v) is 5.30. The lowest BCUT2D eigenvalue weighted by Crippen LogP contribution is -2.16. The molecule has 0 aliphatic heterocycles. The third kappa shape index (κ3) is 3.33. The van der Waals surface area contributed by atoms with Gasteiger partial charge in [0.2, 0.25) is 0 Å². The highest BCUT2D eigenvalue weighted by molar-refractivity contribution is 6.05. The maximum Gasteiger partial charge on any atom is 0.259 e. The van der Waals surface area contributed by atoms with Crippen molar-refractivity contribution in [1.29, 1.82) is 0 Å². The van der Waals surface area contributed by atoms with Crippen molar-refractivity contribution in [2.45, 2.75) is 39.7 Å². The van der Waals surface area contributed by atoms with Gasteiger partial charge in [-0.2, -0.15) is 5.10 Å². The lowest BCUT2D eigenvalue weighted by molar-refractivity contribution is 0.102. The van der Waals surface area contributed by atoms with Crippen LogP contribution in [0.2, 0.25) is 0 Å². The second-order valence-electron chi connectivity index (χ2n) is 5.30. The van der Waals surface area contributed by atoms with Gasteiger partial charge in [-0.15, -0.1) is 0 Å². The number of carbonyl (C=O) groups is 1. The van der Waals surface area contributed by atoms with Crippen LogP contribution in [-0.4, -0.2) is 20.8 Å². The Morgan fingerprint density at radius 1 is 1.30 bits per heavy atom. The minimum absolute atomic E-state index is 0.183. The van der Waals surface area contributed by atoms with Crippen LogP contribution in [-0.2, 0) is 0 Å². The maximum atomic E-state index is 13.7. The zero-order valence-corrected chi connectivity index (χ0v) is 13.2. The number of hydrogen-bond donors (Lipinski definition) is 2. The normalized spacial score (nSPS) is 11.0. The molecule has 0 radical (unpaired) electrons. The largest absolute Gasteiger partial charge is 0.505 e. The van der Waals surface area contributed by atoms with E-state index in [4.69, 9.17) is 0 Å². The first-order valence-electron chi connectivity index (χ1n) is 7.42. The molecule has 2 rings (SSSR count). The van der Waals surface area contributed by atoms with Gasteiger partial charge >= 0.3 is 0 Å². The van der Waals surface area contributed by atoms with Gasteiger partial charge in [0.15, 0.2) is 11.6 Å². The molecule has 0 unspecified atom stereocenters. The fraction of sp³-hybridized carbons (Fsp3) is 0.375. The predicted molar refractivity (Wildman–Crippen MR) is 82.6 cm³/mol. The number of benzene rings is 1. The summed E-state index contributed by atoms with van der Waals surface area (Å²) in [6.07, 6.45) is 3.17. The summed E-state index contributed by atoms with van der Waals surface area (Å²) in [5, 5.41) is 15.9. The summed E-state index contributed by atoms with van der Waals surface area (Å²) in [7, 11) is 0. The molecule has 0 saturated heterocycles. The van der Waals surface area contributed by atoms with Gasteiger partial charge in [-0.1, -0.05) is 13.8 Å². The topological polar surface area (TPSA) is 67.2 Å². The number of anilines is 1. The molecule has 1 aromatic heterocycles. The first-order chi connectivity index (χ1) is 10.9. The molecule has 2 N–H and O–H groups in total. The van der Waals surface area contributed by atoms with E-state index < -0.39 is 23.3 Å². The second kappa shape index (κ2) is 6.76. The summed E-state index contributed by atoms with van der Waals surface area (Å²) in [4.78, 5) is 12.3. The van der Waals surface area contributed by atoms with Crippen LogP contribution in [0, 0.1) is 18.6 Å². The van der Waals surface area contributed by atoms with E-state index in [0.717, 1.165) is 18.9 Å². The van der Waals surface area contributed by atoms with Gasteiger partial charge < -0.3 is 10.4 Å². The fourth-order valence-corrected chi connectivity index (χ4v) is 2.47. The molecule has 0 spiro atoms. The molecule has 5 nitrogen and oxygen atoms in total. The highest BCUT2D eigenvalue weighted by Gasteiger charge is 2.19. The van der Waals surface area contributed by atoms with Gasteiger partial charge in [0.25, 0.3) is 5.91 Å². The molecule has 0 saturated carbocycles. The lowest BCUT2D eigenvalue weighted by Gasteiger charge is -2.15. The van der Waals surface area contributed by atoms with Crippen molar-refractivity contribution in [1.82, 2.24) is 9.78 Å². The van der Waals surface area contributed by atoms with Crippen LogP contribution in [0.4, 0.5) is 14.5 Å². The number of aromatic hydroxyl groups is 1. The number of halogens is 2. The average Bonchev–Trinajstić information content (AvgIpc) is 2.88. The molecule has 0 fully saturated rings. The number of aromatic nitrogens is 2. The monoisotopic (exact) mass is 323 g/mol. The van der Waals surface area contributed by atoms with Crippen molar-refractivity contribution in [3.63, 3.8) is 0 Å². The summed E-state index contributed by atoms with van der Waals surface area (Å²) in [5.41, 5.74) is 0.687. The van der Waals surface area contributed by atoms with Crippen molar-refractivity contribution in [2.75, 3.05) is 5.32 Å². The summed E-state index contributed by atoms with van der Waals surface area (Å²) in [6, 6.07) is 1.54. The predicted octanol–water partition coefficient (Wildman–Crippen LogP) is 3.79. The number of phenolic OH excluding ortho intramolecular Hbond substituents is 1. The lowest BCUT2D eigenvalue weighted by atomic mass is 10.1. The Morgan fingerprint density at radius 2 is 1.96 bits per heavy atom. The molecule has 0 aliphatic rings. The van der Waals surface area contributed by atoms with Crippen molar-refractivity contribution in [3.05, 3.63) is 41.2 Å². The van der Waals surface area contributed by atoms with Gasteiger partial charge in [0, 0.05) is 17.8 Å². The zero-order chi connectivity index (χ0) is 17.1. The molecule has 0 bridgehead atoms. The quantitative estimate of drug-likeness (QED) is 0.880. The number of phenols is 1. The van der Waals surface area contributed by atoms with E-state index in [0.29, 0.717) is 17.3 Å². The first-order valence-corrected chi connectivity index (χ1v) is 7.42. The van der Waals surface area contributed by atoms with E-state index >= 15 is 0 Å². The van der Waals surface area contributed by atoms with Crippen LogP contribution in [0.1, 0.15) is 48.8 Å². The Labute approximate surface area is 132 Å². The molecule has 1 heterocycles. The van der Waals surface area contributed by atoms with Gasteiger partial charge in [-0.25, -0.2) is 8.78 Å². The van der Waals surface area contributed by atoms with E-state index in [-0.39, 0.29) is 11.7 Å². The molecular weight excluding hydrogens is 304 g/mol. The van der Waals surface area contributed by atoms with Crippen LogP contribution < -0.4 is 5.32 Å². The average molecular weight is 323 g/mol. The number of carbonyl (C=O) groups excluding carboxylic acids is 1. The van der Waals surface area contributed by atoms with Crippen molar-refractivity contribution in [2.24, 2.45) is 0 Å². The van der Waals surface area contributed by atoms with Crippen molar-refractivity contribution < 1.29 is 18.7 Å². The Kier molecular flexibility index (Phi) is 4.98. The summed E-state index contributed by atoms with van der Waals surface area (Å²) >= 11 is 0. The van der Waals surface area contributed by atoms with Gasteiger partial charge in [-0.3, -0.25) is 9.48 Å². The van der Waals surface area contributed by atoms with Crippen LogP contribution in [0.25, 0.3) is 0 Å². The highest BCUT2D eigenvalue weighted by atomic mass is 19.1. The third-order valence-electron chi connectivity index (χ3n) is 3.86. The van der Waals surface area contributed by atoms with E-state index in [1.807, 2.05) is 13.8 Å². The fourth-order valence-electron chi connectivity index (χ4n) is 2.47. The summed E-state index contributed by atoms with van der Waals surface area (Å²) in [5.74, 6) is -3.34. The third-order valence-corrected chi connectivity index (χ3v) is 3.86. The molecule has 23 heavy (non-hydrogen) atoms. The van der Waals surface area contributed by atoms with Crippen molar-refractivity contribution in [3.8, 4) is 5.75 Å². The van der Waals surface area contributed by atoms with E-state index in [2.05, 4.69) is 10.4 Å². The standard InChI is InChI=1S/C16H19F2N3O2/c1-4-10(5-2)21-9(3)11(8-19-21)16(23)20-14-7-15(22)13(18)6-12(14)17/h6-8,10,22H,4-5H2,1-3H3,(H,20,23). The van der Waals surface area contributed by atoms with Crippen LogP contribution in [0.3, 0.4) is 0 Å². The Bertz CT molecular complexity index is 724. The molecule has 7 heteroatoms. The Balaban J connectivity index is 2.27. The van der Waals surface area contributed by atoms with Crippen molar-refractivity contribution >= 4 is 11.6 Å².